The van der Waals surface area contributed by atoms with Gasteiger partial charge < -0.3 is 10.4 Å². The fourth-order valence-corrected chi connectivity index (χ4v) is 2.61. The van der Waals surface area contributed by atoms with E-state index in [2.05, 4.69) is 5.32 Å². The van der Waals surface area contributed by atoms with E-state index in [9.17, 15) is 4.79 Å². The first-order valence-electron chi connectivity index (χ1n) is 6.21. The van der Waals surface area contributed by atoms with Gasteiger partial charge in [0.05, 0.1) is 5.92 Å². The van der Waals surface area contributed by atoms with E-state index in [1.54, 1.807) is 0 Å². The van der Waals surface area contributed by atoms with Gasteiger partial charge in [-0.3, -0.25) is 4.79 Å². The number of nitrogens with one attached hydrogen (secondary N) is 1. The molecule has 2 aliphatic carbocycles. The van der Waals surface area contributed by atoms with Crippen LogP contribution in [0.1, 0.15) is 38.5 Å². The van der Waals surface area contributed by atoms with Crippen molar-refractivity contribution in [2.45, 2.75) is 38.5 Å². The van der Waals surface area contributed by atoms with Gasteiger partial charge in [0.1, 0.15) is 0 Å². The average molecular weight is 211 g/mol. The van der Waals surface area contributed by atoms with Gasteiger partial charge in [0, 0.05) is 0 Å². The van der Waals surface area contributed by atoms with Gasteiger partial charge in [-0.1, -0.05) is 19.3 Å². The van der Waals surface area contributed by atoms with Crippen molar-refractivity contribution in [3.05, 3.63) is 0 Å². The molecule has 2 atom stereocenters. The zero-order chi connectivity index (χ0) is 10.7. The largest absolute Gasteiger partial charge is 0.481 e. The second-order valence-electron chi connectivity index (χ2n) is 5.07. The van der Waals surface area contributed by atoms with E-state index >= 15 is 0 Å². The molecule has 0 saturated heterocycles. The third kappa shape index (κ3) is 3.20. The van der Waals surface area contributed by atoms with Gasteiger partial charge in [-0.25, -0.2) is 0 Å². The highest BCUT2D eigenvalue weighted by atomic mass is 16.4. The van der Waals surface area contributed by atoms with Crippen molar-refractivity contribution in [2.24, 2.45) is 17.8 Å². The summed E-state index contributed by atoms with van der Waals surface area (Å²) in [5.41, 5.74) is 0. The van der Waals surface area contributed by atoms with E-state index in [0.29, 0.717) is 5.92 Å². The van der Waals surface area contributed by atoms with Crippen LogP contribution in [0.25, 0.3) is 0 Å². The molecule has 2 N–H and O–H groups in total. The van der Waals surface area contributed by atoms with Gasteiger partial charge >= 0.3 is 5.97 Å². The Morgan fingerprint density at radius 2 is 2.07 bits per heavy atom. The Morgan fingerprint density at radius 1 is 1.27 bits per heavy atom. The smallest absolute Gasteiger partial charge is 0.306 e. The minimum absolute atomic E-state index is 0.0848. The summed E-state index contributed by atoms with van der Waals surface area (Å²) in [4.78, 5) is 10.9. The van der Waals surface area contributed by atoms with Crippen LogP contribution in [-0.2, 0) is 4.79 Å². The van der Waals surface area contributed by atoms with Gasteiger partial charge in [-0.05, 0) is 44.2 Å². The fraction of sp³-hybridized carbons (Fsp3) is 0.917. The van der Waals surface area contributed by atoms with E-state index in [4.69, 9.17) is 5.11 Å². The molecule has 3 heteroatoms. The summed E-state index contributed by atoms with van der Waals surface area (Å²) < 4.78 is 0. The molecule has 0 aliphatic heterocycles. The lowest BCUT2D eigenvalue weighted by molar-refractivity contribution is -0.142. The first kappa shape index (κ1) is 10.9. The summed E-state index contributed by atoms with van der Waals surface area (Å²) in [6.45, 7) is 1.98. The molecule has 0 amide bonds. The average Bonchev–Trinajstić information content (AvgIpc) is 2.90. The number of carboxylic acid groups (broad SMARTS) is 1. The normalized spacial score (nSPS) is 30.7. The Labute approximate surface area is 91.2 Å². The highest BCUT2D eigenvalue weighted by Gasteiger charge is 2.32. The Morgan fingerprint density at radius 3 is 2.73 bits per heavy atom. The van der Waals surface area contributed by atoms with Crippen LogP contribution in [0, 0.1) is 17.8 Å². The molecule has 0 aromatic rings. The van der Waals surface area contributed by atoms with Crippen molar-refractivity contribution in [1.82, 2.24) is 5.32 Å². The van der Waals surface area contributed by atoms with Gasteiger partial charge in [-0.15, -0.1) is 0 Å². The number of aliphatic carboxylic acids is 1. The number of carboxylic acids is 1. The molecule has 0 bridgehead atoms. The van der Waals surface area contributed by atoms with Crippen LogP contribution in [0.3, 0.4) is 0 Å². The molecule has 0 aromatic carbocycles. The van der Waals surface area contributed by atoms with Crippen molar-refractivity contribution < 1.29 is 9.90 Å². The number of hydrogen-bond acceptors (Lipinski definition) is 2. The zero-order valence-corrected chi connectivity index (χ0v) is 9.24. The van der Waals surface area contributed by atoms with Gasteiger partial charge in [0.2, 0.25) is 0 Å². The molecular weight excluding hydrogens is 190 g/mol. The number of rotatable bonds is 6. The molecule has 3 nitrogen and oxygen atoms in total. The minimum atomic E-state index is -0.596. The van der Waals surface area contributed by atoms with Crippen LogP contribution in [0.2, 0.25) is 0 Å². The minimum Gasteiger partial charge on any atom is -0.481 e. The summed E-state index contributed by atoms with van der Waals surface area (Å²) in [6.07, 6.45) is 7.15. The molecule has 2 unspecified atom stereocenters. The Bertz CT molecular complexity index is 226. The maximum Gasteiger partial charge on any atom is 0.306 e. The number of carbonyl (C=O) groups is 1. The lowest BCUT2D eigenvalue weighted by atomic mass is 9.96. The SMILES string of the molecule is O=C(O)C1CCCC1CNCCC1CC1. The van der Waals surface area contributed by atoms with Gasteiger partial charge in [-0.2, -0.15) is 0 Å². The molecule has 0 heterocycles. The Hall–Kier alpha value is -0.570. The number of hydrogen-bond donors (Lipinski definition) is 2. The molecule has 0 aromatic heterocycles. The Kier molecular flexibility index (Phi) is 3.62. The third-order valence-electron chi connectivity index (χ3n) is 3.81. The molecule has 86 valence electrons. The first-order valence-corrected chi connectivity index (χ1v) is 6.21. The van der Waals surface area contributed by atoms with Crippen molar-refractivity contribution in [1.29, 1.82) is 0 Å². The summed E-state index contributed by atoms with van der Waals surface area (Å²) in [5.74, 6) is 0.665. The van der Waals surface area contributed by atoms with Crippen molar-refractivity contribution in [3.8, 4) is 0 Å². The van der Waals surface area contributed by atoms with Crippen LogP contribution in [-0.4, -0.2) is 24.2 Å². The van der Waals surface area contributed by atoms with Crippen LogP contribution in [0.5, 0.6) is 0 Å². The molecule has 0 spiro atoms. The standard InChI is InChI=1S/C12H21NO2/c14-12(15)11-3-1-2-10(11)8-13-7-6-9-4-5-9/h9-11,13H,1-8H2,(H,14,15). The lowest BCUT2D eigenvalue weighted by Crippen LogP contribution is -2.29. The molecule has 2 saturated carbocycles. The van der Waals surface area contributed by atoms with E-state index in [-0.39, 0.29) is 5.92 Å². The van der Waals surface area contributed by atoms with Crippen LogP contribution < -0.4 is 5.32 Å². The lowest BCUT2D eigenvalue weighted by Gasteiger charge is -2.16. The molecule has 0 radical (unpaired) electrons. The highest BCUT2D eigenvalue weighted by Crippen LogP contribution is 2.33. The summed E-state index contributed by atoms with van der Waals surface area (Å²) in [6, 6.07) is 0. The maximum atomic E-state index is 10.9. The second kappa shape index (κ2) is 4.97. The van der Waals surface area contributed by atoms with Gasteiger partial charge in [0.15, 0.2) is 0 Å². The molecule has 2 rings (SSSR count). The fourth-order valence-electron chi connectivity index (χ4n) is 2.61. The van der Waals surface area contributed by atoms with E-state index in [1.807, 2.05) is 0 Å². The molecule has 2 fully saturated rings. The molecule has 15 heavy (non-hydrogen) atoms. The topological polar surface area (TPSA) is 49.3 Å². The van der Waals surface area contributed by atoms with Gasteiger partial charge in [0.25, 0.3) is 0 Å². The molecular formula is C12H21NO2. The van der Waals surface area contributed by atoms with Crippen molar-refractivity contribution >= 4 is 5.97 Å². The van der Waals surface area contributed by atoms with E-state index < -0.39 is 5.97 Å². The predicted octanol–water partition coefficient (Wildman–Crippen LogP) is 1.88. The van der Waals surface area contributed by atoms with E-state index in [1.165, 1.54) is 19.3 Å². The second-order valence-corrected chi connectivity index (χ2v) is 5.07. The Balaban J connectivity index is 1.61. The third-order valence-corrected chi connectivity index (χ3v) is 3.81. The predicted molar refractivity (Wildman–Crippen MR) is 58.7 cm³/mol. The quantitative estimate of drug-likeness (QED) is 0.659. The molecule has 2 aliphatic rings. The van der Waals surface area contributed by atoms with Crippen LogP contribution in [0.15, 0.2) is 0 Å². The van der Waals surface area contributed by atoms with Crippen LogP contribution >= 0.6 is 0 Å². The van der Waals surface area contributed by atoms with Crippen molar-refractivity contribution in [3.63, 3.8) is 0 Å². The van der Waals surface area contributed by atoms with Crippen LogP contribution in [0.4, 0.5) is 0 Å². The summed E-state index contributed by atoms with van der Waals surface area (Å²) >= 11 is 0. The van der Waals surface area contributed by atoms with Crippen molar-refractivity contribution in [2.75, 3.05) is 13.1 Å². The highest BCUT2D eigenvalue weighted by molar-refractivity contribution is 5.70. The summed E-state index contributed by atoms with van der Waals surface area (Å²) in [5, 5.41) is 12.4. The monoisotopic (exact) mass is 211 g/mol. The zero-order valence-electron chi connectivity index (χ0n) is 9.24. The maximum absolute atomic E-state index is 10.9. The van der Waals surface area contributed by atoms with E-state index in [0.717, 1.165) is 38.3 Å². The first-order chi connectivity index (χ1) is 7.27. The summed E-state index contributed by atoms with van der Waals surface area (Å²) in [7, 11) is 0.